The van der Waals surface area contributed by atoms with E-state index in [-0.39, 0.29) is 11.8 Å². The molecule has 0 aliphatic carbocycles. The van der Waals surface area contributed by atoms with Crippen LogP contribution < -0.4 is 10.0 Å². The maximum Gasteiger partial charge on any atom is 0.310 e. The molecule has 38 heavy (non-hydrogen) atoms. The Hall–Kier alpha value is -3.93. The van der Waals surface area contributed by atoms with Gasteiger partial charge < -0.3 is 5.11 Å². The number of carboxylic acid groups (broad SMARTS) is 1. The molecule has 0 aromatic heterocycles. The topological polar surface area (TPSA) is 77.9 Å². The van der Waals surface area contributed by atoms with Crippen LogP contribution in [0.3, 0.4) is 0 Å². The molecule has 2 amide bonds. The van der Waals surface area contributed by atoms with Gasteiger partial charge in [0.25, 0.3) is 11.8 Å². The fraction of sp³-hybridized carbons (Fsp3) is 0.344. The number of para-hydroxylation sites is 2. The Morgan fingerprint density at radius 1 is 0.789 bits per heavy atom. The summed E-state index contributed by atoms with van der Waals surface area (Å²) in [6.45, 7) is 8.12. The van der Waals surface area contributed by atoms with Crippen molar-refractivity contribution in [2.75, 3.05) is 10.0 Å². The number of aliphatic carboxylic acids is 1. The van der Waals surface area contributed by atoms with Crippen molar-refractivity contribution in [3.8, 4) is 0 Å². The first-order valence-electron chi connectivity index (χ1n) is 13.3. The molecule has 1 heterocycles. The minimum absolute atomic E-state index is 0.140. The lowest BCUT2D eigenvalue weighted by Crippen LogP contribution is -2.41. The number of rotatable bonds is 9. The number of anilines is 2. The van der Waals surface area contributed by atoms with E-state index in [1.807, 2.05) is 84.9 Å². The summed E-state index contributed by atoms with van der Waals surface area (Å²) in [7, 11) is 0. The monoisotopic (exact) mass is 514 g/mol. The molecule has 0 bridgehead atoms. The summed E-state index contributed by atoms with van der Waals surface area (Å²) in [4.78, 5) is 36.5. The standard InChI is InChI=1S/C19H20N2O2.C13H18O2/c1-2-3-14-17-18(22)20(15-10-6-4-7-11-15)21(19(17)23)16-12-8-5-9-13-16;1-9(2)8-11-4-6-12(7-5-11)10(3)13(14)15/h4-13,17H,2-3,14H2,1H3;4-7,9-10H,8H2,1-3H3,(H,14,15). The molecule has 1 N–H and O–H groups in total. The predicted octanol–water partition coefficient (Wildman–Crippen LogP) is 6.86. The molecule has 1 unspecified atom stereocenters. The van der Waals surface area contributed by atoms with E-state index in [0.29, 0.717) is 23.7 Å². The Kier molecular flexibility index (Phi) is 10.2. The average Bonchev–Trinajstić information content (AvgIpc) is 3.17. The van der Waals surface area contributed by atoms with E-state index in [9.17, 15) is 14.4 Å². The summed E-state index contributed by atoms with van der Waals surface area (Å²) in [5.74, 6) is -1.43. The molecule has 0 radical (unpaired) electrons. The van der Waals surface area contributed by atoms with Gasteiger partial charge in [0.2, 0.25) is 0 Å². The number of carbonyl (C=O) groups excluding carboxylic acids is 2. The van der Waals surface area contributed by atoms with E-state index in [4.69, 9.17) is 5.11 Å². The summed E-state index contributed by atoms with van der Waals surface area (Å²) in [6, 6.07) is 26.5. The molecule has 6 heteroatoms. The second-order valence-corrected chi connectivity index (χ2v) is 10.1. The van der Waals surface area contributed by atoms with E-state index in [2.05, 4.69) is 20.8 Å². The second kappa shape index (κ2) is 13.6. The Balaban J connectivity index is 0.000000232. The van der Waals surface area contributed by atoms with Gasteiger partial charge >= 0.3 is 5.97 Å². The Morgan fingerprint density at radius 2 is 1.26 bits per heavy atom. The Bertz CT molecular complexity index is 1140. The third-order valence-corrected chi connectivity index (χ3v) is 6.56. The second-order valence-electron chi connectivity index (χ2n) is 10.1. The van der Waals surface area contributed by atoms with Gasteiger partial charge in [0, 0.05) is 0 Å². The lowest BCUT2D eigenvalue weighted by Gasteiger charge is -2.27. The van der Waals surface area contributed by atoms with Gasteiger partial charge in [0.15, 0.2) is 0 Å². The van der Waals surface area contributed by atoms with Crippen molar-refractivity contribution in [2.45, 2.75) is 59.3 Å². The van der Waals surface area contributed by atoms with Crippen LogP contribution in [0, 0.1) is 11.8 Å². The smallest absolute Gasteiger partial charge is 0.310 e. The number of carbonyl (C=O) groups is 3. The molecule has 1 aliphatic heterocycles. The maximum absolute atomic E-state index is 12.9. The number of hydrazine groups is 1. The van der Waals surface area contributed by atoms with Gasteiger partial charge in [-0.3, -0.25) is 14.4 Å². The molecule has 0 spiro atoms. The summed E-state index contributed by atoms with van der Waals surface area (Å²) in [6.07, 6.45) is 3.48. The van der Waals surface area contributed by atoms with Crippen molar-refractivity contribution in [3.63, 3.8) is 0 Å². The number of nitrogens with zero attached hydrogens (tertiary/aromatic N) is 2. The van der Waals surface area contributed by atoms with Gasteiger partial charge in [0.05, 0.1) is 17.3 Å². The minimum atomic E-state index is -0.772. The zero-order chi connectivity index (χ0) is 27.7. The third-order valence-electron chi connectivity index (χ3n) is 6.56. The van der Waals surface area contributed by atoms with Crippen molar-refractivity contribution in [1.29, 1.82) is 0 Å². The molecule has 4 rings (SSSR count). The third kappa shape index (κ3) is 7.09. The lowest BCUT2D eigenvalue weighted by atomic mass is 9.97. The molecule has 3 aromatic carbocycles. The molecular weight excluding hydrogens is 476 g/mol. The molecule has 1 saturated heterocycles. The lowest BCUT2D eigenvalue weighted by molar-refractivity contribution is -0.138. The first-order chi connectivity index (χ1) is 18.2. The van der Waals surface area contributed by atoms with E-state index in [1.54, 1.807) is 6.92 Å². The SMILES string of the molecule is CC(C)Cc1ccc(C(C)C(=O)O)cc1.CCCCC1C(=O)N(c2ccccc2)N(c2ccccc2)C1=O. The van der Waals surface area contributed by atoms with Crippen LogP contribution in [0.25, 0.3) is 0 Å². The number of amides is 2. The van der Waals surface area contributed by atoms with Crippen LogP contribution in [-0.4, -0.2) is 22.9 Å². The van der Waals surface area contributed by atoms with Crippen molar-refractivity contribution in [2.24, 2.45) is 11.8 Å². The molecule has 200 valence electrons. The van der Waals surface area contributed by atoms with Crippen molar-refractivity contribution >= 4 is 29.2 Å². The van der Waals surface area contributed by atoms with E-state index in [0.717, 1.165) is 24.8 Å². The molecule has 3 aromatic rings. The van der Waals surface area contributed by atoms with Crippen LogP contribution in [0.4, 0.5) is 11.4 Å². The van der Waals surface area contributed by atoms with Gasteiger partial charge in [-0.05, 0) is 61.1 Å². The first-order valence-corrected chi connectivity index (χ1v) is 13.3. The molecule has 1 atom stereocenters. The highest BCUT2D eigenvalue weighted by atomic mass is 16.4. The number of hydrogen-bond donors (Lipinski definition) is 1. The number of unbranched alkanes of at least 4 members (excludes halogenated alkanes) is 1. The van der Waals surface area contributed by atoms with Crippen LogP contribution in [-0.2, 0) is 20.8 Å². The quantitative estimate of drug-likeness (QED) is 0.316. The van der Waals surface area contributed by atoms with Crippen molar-refractivity contribution in [1.82, 2.24) is 0 Å². The van der Waals surface area contributed by atoms with Gasteiger partial charge in [0.1, 0.15) is 5.92 Å². The normalized spacial score (nSPS) is 14.4. The maximum atomic E-state index is 12.9. The summed E-state index contributed by atoms with van der Waals surface area (Å²) in [5, 5.41) is 11.9. The summed E-state index contributed by atoms with van der Waals surface area (Å²) < 4.78 is 0. The van der Waals surface area contributed by atoms with Crippen molar-refractivity contribution < 1.29 is 19.5 Å². The zero-order valence-corrected chi connectivity index (χ0v) is 22.7. The minimum Gasteiger partial charge on any atom is -0.481 e. The highest BCUT2D eigenvalue weighted by Crippen LogP contribution is 2.33. The fourth-order valence-corrected chi connectivity index (χ4v) is 4.43. The highest BCUT2D eigenvalue weighted by molar-refractivity contribution is 6.22. The number of hydrogen-bond acceptors (Lipinski definition) is 3. The van der Waals surface area contributed by atoms with Crippen LogP contribution in [0.15, 0.2) is 84.9 Å². The van der Waals surface area contributed by atoms with E-state index < -0.39 is 17.8 Å². The highest BCUT2D eigenvalue weighted by Gasteiger charge is 2.46. The number of carboxylic acids is 1. The Labute approximate surface area is 225 Å². The van der Waals surface area contributed by atoms with Gasteiger partial charge in [-0.2, -0.15) is 0 Å². The molecule has 1 aliphatic rings. The van der Waals surface area contributed by atoms with E-state index >= 15 is 0 Å². The molecule has 0 saturated carbocycles. The summed E-state index contributed by atoms with van der Waals surface area (Å²) >= 11 is 0. The Morgan fingerprint density at radius 3 is 1.66 bits per heavy atom. The predicted molar refractivity (Wildman–Crippen MR) is 152 cm³/mol. The van der Waals surface area contributed by atoms with Gasteiger partial charge in [-0.25, -0.2) is 10.0 Å². The first kappa shape index (κ1) is 28.6. The van der Waals surface area contributed by atoms with Crippen molar-refractivity contribution in [3.05, 3.63) is 96.1 Å². The number of benzene rings is 3. The van der Waals surface area contributed by atoms with Gasteiger partial charge in [-0.1, -0.05) is 94.3 Å². The van der Waals surface area contributed by atoms with Gasteiger partial charge in [-0.15, -0.1) is 0 Å². The van der Waals surface area contributed by atoms with Crippen LogP contribution in [0.2, 0.25) is 0 Å². The zero-order valence-electron chi connectivity index (χ0n) is 22.7. The molecule has 1 fully saturated rings. The van der Waals surface area contributed by atoms with Crippen LogP contribution >= 0.6 is 0 Å². The average molecular weight is 515 g/mol. The fourth-order valence-electron chi connectivity index (χ4n) is 4.43. The van der Waals surface area contributed by atoms with Crippen LogP contribution in [0.1, 0.15) is 64.0 Å². The van der Waals surface area contributed by atoms with E-state index in [1.165, 1.54) is 15.6 Å². The molecular formula is C32H38N2O4. The largest absolute Gasteiger partial charge is 0.481 e. The molecule has 6 nitrogen and oxygen atoms in total. The summed E-state index contributed by atoms with van der Waals surface area (Å²) in [5.41, 5.74) is 3.57. The van der Waals surface area contributed by atoms with Crippen LogP contribution in [0.5, 0.6) is 0 Å².